The van der Waals surface area contributed by atoms with Crippen molar-refractivity contribution >= 4 is 33.2 Å². The normalized spacial score (nSPS) is 14.6. The van der Waals surface area contributed by atoms with Gasteiger partial charge in [0, 0.05) is 25.1 Å². The molecule has 0 unspecified atom stereocenters. The summed E-state index contributed by atoms with van der Waals surface area (Å²) >= 11 is 0. The van der Waals surface area contributed by atoms with Gasteiger partial charge < -0.3 is 25.5 Å². The standard InChI is InChI=1S/C30H34N4O6S/c31-26(15-8-21-4-2-1-3-5-21)29(32)41(38,39)25-13-9-23(10-14-25)28(36)27(20-22-6-11-24(35)12-7-22)33-30(37)34-16-18-40-19-17-34/h1-7,9-14,27,31-32,35,38-39H,8,15-20H2,(H,33,37)/t27-/m0/s1. The minimum Gasteiger partial charge on any atom is -0.508 e. The van der Waals surface area contributed by atoms with Gasteiger partial charge in [0.25, 0.3) is 0 Å². The maximum atomic E-state index is 13.6. The summed E-state index contributed by atoms with van der Waals surface area (Å²) in [6.07, 6.45) is 0.843. The molecule has 1 fully saturated rings. The van der Waals surface area contributed by atoms with Crippen LogP contribution in [0.5, 0.6) is 5.75 Å². The van der Waals surface area contributed by atoms with Gasteiger partial charge in [-0.2, -0.15) is 0 Å². The molecule has 1 aliphatic rings. The molecule has 1 heterocycles. The molecule has 1 atom stereocenters. The third kappa shape index (κ3) is 7.80. The van der Waals surface area contributed by atoms with E-state index in [1.54, 1.807) is 17.0 Å². The molecule has 2 amide bonds. The van der Waals surface area contributed by atoms with Crippen molar-refractivity contribution in [1.82, 2.24) is 10.2 Å². The number of hydrogen-bond acceptors (Lipinski definition) is 8. The van der Waals surface area contributed by atoms with E-state index in [0.717, 1.165) is 11.1 Å². The third-order valence-electron chi connectivity index (χ3n) is 6.82. The number of ketones is 1. The Hall–Kier alpha value is -4.03. The van der Waals surface area contributed by atoms with Crippen molar-refractivity contribution in [1.29, 1.82) is 10.8 Å². The molecule has 41 heavy (non-hydrogen) atoms. The van der Waals surface area contributed by atoms with Crippen LogP contribution in [0.1, 0.15) is 27.9 Å². The van der Waals surface area contributed by atoms with Crippen LogP contribution in [0, 0.1) is 10.8 Å². The van der Waals surface area contributed by atoms with E-state index in [2.05, 4.69) is 5.32 Å². The van der Waals surface area contributed by atoms with Gasteiger partial charge in [-0.25, -0.2) is 4.79 Å². The zero-order chi connectivity index (χ0) is 29.4. The molecule has 0 saturated carbocycles. The number of ether oxygens (including phenoxy) is 1. The van der Waals surface area contributed by atoms with Gasteiger partial charge in [0.2, 0.25) is 0 Å². The quantitative estimate of drug-likeness (QED) is 0.113. The molecule has 1 aliphatic heterocycles. The number of amides is 2. The molecule has 3 aromatic rings. The molecule has 4 rings (SSSR count). The van der Waals surface area contributed by atoms with Crippen molar-refractivity contribution in [2.75, 3.05) is 26.3 Å². The zero-order valence-corrected chi connectivity index (χ0v) is 23.3. The van der Waals surface area contributed by atoms with E-state index in [9.17, 15) is 23.8 Å². The number of carbonyl (C=O) groups is 2. The topological polar surface area (TPSA) is 167 Å². The number of nitrogens with zero attached hydrogens (tertiary/aromatic N) is 1. The highest BCUT2D eigenvalue weighted by Crippen LogP contribution is 2.49. The maximum Gasteiger partial charge on any atom is 0.318 e. The lowest BCUT2D eigenvalue weighted by Crippen LogP contribution is -2.51. The fraction of sp³-hybridized carbons (Fsp3) is 0.267. The first-order chi connectivity index (χ1) is 19.6. The van der Waals surface area contributed by atoms with E-state index in [4.69, 9.17) is 15.6 Å². The minimum atomic E-state index is -3.76. The predicted octanol–water partition coefficient (Wildman–Crippen LogP) is 4.97. The molecular formula is C30H34N4O6S. The lowest BCUT2D eigenvalue weighted by molar-refractivity contribution is 0.0522. The van der Waals surface area contributed by atoms with Crippen molar-refractivity contribution in [2.45, 2.75) is 30.2 Å². The minimum absolute atomic E-state index is 0.0240. The summed E-state index contributed by atoms with van der Waals surface area (Å²) in [5.74, 6) is -0.296. The molecule has 11 heteroatoms. The van der Waals surface area contributed by atoms with Crippen molar-refractivity contribution in [3.05, 3.63) is 95.6 Å². The number of aryl methyl sites for hydroxylation is 1. The number of benzene rings is 3. The average molecular weight is 579 g/mol. The second kappa shape index (κ2) is 13.6. The van der Waals surface area contributed by atoms with Crippen molar-refractivity contribution in [3.8, 4) is 5.75 Å². The molecule has 10 nitrogen and oxygen atoms in total. The van der Waals surface area contributed by atoms with E-state index in [1.165, 1.54) is 36.4 Å². The van der Waals surface area contributed by atoms with Crippen LogP contribution in [0.15, 0.2) is 83.8 Å². The second-order valence-corrected chi connectivity index (χ2v) is 11.7. The molecule has 0 bridgehead atoms. The molecular weight excluding hydrogens is 544 g/mol. The van der Waals surface area contributed by atoms with Crippen molar-refractivity contribution in [3.63, 3.8) is 0 Å². The van der Waals surface area contributed by atoms with E-state index < -0.39 is 27.7 Å². The first kappa shape index (κ1) is 29.9. The largest absolute Gasteiger partial charge is 0.508 e. The molecule has 3 aromatic carbocycles. The molecule has 0 spiro atoms. The van der Waals surface area contributed by atoms with Gasteiger partial charge in [0.15, 0.2) is 10.8 Å². The van der Waals surface area contributed by atoms with Gasteiger partial charge in [-0.15, -0.1) is 10.6 Å². The number of phenols is 1. The van der Waals surface area contributed by atoms with Gasteiger partial charge in [-0.05, 0) is 60.4 Å². The summed E-state index contributed by atoms with van der Waals surface area (Å²) < 4.78 is 27.0. The lowest BCUT2D eigenvalue weighted by atomic mass is 9.97. The number of aromatic hydroxyl groups is 1. The van der Waals surface area contributed by atoms with E-state index in [-0.39, 0.29) is 40.5 Å². The SMILES string of the molecule is N=C(CCc1ccccc1)C(=N)S(O)(O)c1ccc(C(=O)[C@H](Cc2ccc(O)cc2)NC(=O)N2CCOCC2)cc1. The summed E-state index contributed by atoms with van der Waals surface area (Å²) in [6, 6.07) is 20.1. The monoisotopic (exact) mass is 578 g/mol. The number of morpholine rings is 1. The Balaban J connectivity index is 1.47. The van der Waals surface area contributed by atoms with Gasteiger partial charge in [-0.3, -0.25) is 19.3 Å². The Bertz CT molecular complexity index is 1370. The molecule has 1 saturated heterocycles. The number of nitrogens with one attached hydrogen (secondary N) is 3. The summed E-state index contributed by atoms with van der Waals surface area (Å²) in [5.41, 5.74) is 1.78. The molecule has 0 radical (unpaired) electrons. The summed E-state index contributed by atoms with van der Waals surface area (Å²) in [6.45, 7) is 1.64. The second-order valence-electron chi connectivity index (χ2n) is 9.70. The van der Waals surface area contributed by atoms with E-state index >= 15 is 0 Å². The fourth-order valence-electron chi connectivity index (χ4n) is 4.41. The van der Waals surface area contributed by atoms with Gasteiger partial charge in [0.1, 0.15) is 5.75 Å². The van der Waals surface area contributed by atoms with Gasteiger partial charge >= 0.3 is 6.03 Å². The summed E-state index contributed by atoms with van der Waals surface area (Å²) in [4.78, 5) is 28.1. The first-order valence-corrected chi connectivity index (χ1v) is 14.7. The Labute approximate surface area is 240 Å². The fourth-order valence-corrected chi connectivity index (χ4v) is 5.61. The highest BCUT2D eigenvalue weighted by atomic mass is 32.3. The first-order valence-electron chi connectivity index (χ1n) is 13.2. The van der Waals surface area contributed by atoms with Crippen molar-refractivity contribution in [2.24, 2.45) is 0 Å². The highest BCUT2D eigenvalue weighted by molar-refractivity contribution is 8.38. The predicted molar refractivity (Wildman–Crippen MR) is 159 cm³/mol. The number of rotatable bonds is 10. The van der Waals surface area contributed by atoms with Crippen LogP contribution in [0.2, 0.25) is 0 Å². The van der Waals surface area contributed by atoms with Crippen LogP contribution in [0.3, 0.4) is 0 Å². The highest BCUT2D eigenvalue weighted by Gasteiger charge is 2.28. The van der Waals surface area contributed by atoms with Crippen LogP contribution < -0.4 is 5.32 Å². The molecule has 0 aliphatic carbocycles. The smallest absolute Gasteiger partial charge is 0.318 e. The van der Waals surface area contributed by atoms with Crippen molar-refractivity contribution < 1.29 is 28.5 Å². The van der Waals surface area contributed by atoms with E-state index in [0.29, 0.717) is 32.7 Å². The maximum absolute atomic E-state index is 13.6. The number of hydrogen-bond donors (Lipinski definition) is 6. The van der Waals surface area contributed by atoms with Crippen LogP contribution in [-0.2, 0) is 17.6 Å². The Morgan fingerprint density at radius 1 is 0.902 bits per heavy atom. The van der Waals surface area contributed by atoms with E-state index in [1.807, 2.05) is 30.3 Å². The van der Waals surface area contributed by atoms with Crippen LogP contribution >= 0.6 is 10.6 Å². The summed E-state index contributed by atoms with van der Waals surface area (Å²) in [7, 11) is -3.76. The van der Waals surface area contributed by atoms with Gasteiger partial charge in [-0.1, -0.05) is 42.5 Å². The number of carbonyl (C=O) groups excluding carboxylic acids is 2. The van der Waals surface area contributed by atoms with Gasteiger partial charge in [0.05, 0.1) is 29.9 Å². The Morgan fingerprint density at radius 3 is 2.17 bits per heavy atom. The molecule has 0 aromatic heterocycles. The van der Waals surface area contributed by atoms with Crippen LogP contribution in [0.25, 0.3) is 0 Å². The lowest BCUT2D eigenvalue weighted by Gasteiger charge is -2.33. The molecule has 6 N–H and O–H groups in total. The zero-order valence-electron chi connectivity index (χ0n) is 22.5. The number of Topliss-reactive ketones (excluding diaryl/α,β-unsaturated/α-hetero) is 1. The molecule has 216 valence electrons. The number of urea groups is 1. The Morgan fingerprint density at radius 2 is 1.54 bits per heavy atom. The van der Waals surface area contributed by atoms with Crippen LogP contribution in [0.4, 0.5) is 4.79 Å². The third-order valence-corrected chi connectivity index (χ3v) is 8.57. The summed E-state index contributed by atoms with van der Waals surface area (Å²) in [5, 5.41) is 28.4. The van der Waals surface area contributed by atoms with Crippen LogP contribution in [-0.4, -0.2) is 74.0 Å². The number of phenolic OH excluding ortho intramolecular Hbond substituents is 1. The Kier molecular flexibility index (Phi) is 9.90. The average Bonchev–Trinajstić information content (AvgIpc) is 3.00.